The number of carbonyl (C=O) groups excluding carboxylic acids is 1. The van der Waals surface area contributed by atoms with Gasteiger partial charge in [-0.15, -0.1) is 0 Å². The largest absolute Gasteiger partial charge is 0.506 e. The number of alkyl halides is 2. The normalized spacial score (nSPS) is 15.6. The number of nitrogens with one attached hydrogen (secondary N) is 2. The Bertz CT molecular complexity index is 1170. The van der Waals surface area contributed by atoms with Crippen molar-refractivity contribution in [2.75, 3.05) is 18.5 Å². The molecule has 2 heterocycles. The lowest BCUT2D eigenvalue weighted by molar-refractivity contribution is -0.324. The molecule has 1 aromatic carbocycles. The van der Waals surface area contributed by atoms with Crippen molar-refractivity contribution < 1.29 is 43.1 Å². The maximum atomic E-state index is 12.8. The summed E-state index contributed by atoms with van der Waals surface area (Å²) in [5.41, 5.74) is 1.04. The highest BCUT2D eigenvalue weighted by molar-refractivity contribution is 6.04. The highest BCUT2D eigenvalue weighted by atomic mass is 19.3. The number of hydrogen-bond acceptors (Lipinski definition) is 10. The fourth-order valence-corrected chi connectivity index (χ4v) is 2.62. The fourth-order valence-electron chi connectivity index (χ4n) is 2.62. The first kappa shape index (κ1) is 26.3. The number of H-pyrrole nitrogens is 1. The van der Waals surface area contributed by atoms with Crippen molar-refractivity contribution in [1.29, 1.82) is 5.26 Å². The van der Waals surface area contributed by atoms with Gasteiger partial charge in [-0.05, 0) is 24.3 Å². The molecule has 0 fully saturated rings. The summed E-state index contributed by atoms with van der Waals surface area (Å²) in [6, 6.07) is 4.66. The number of nitriles is 1. The Morgan fingerprint density at radius 3 is 2.41 bits per heavy atom. The van der Waals surface area contributed by atoms with Crippen molar-refractivity contribution in [3.8, 4) is 11.8 Å². The van der Waals surface area contributed by atoms with Crippen LogP contribution in [0.4, 0.5) is 18.9 Å². The zero-order chi connectivity index (χ0) is 25.6. The molecular weight excluding hydrogens is 467 g/mol. The summed E-state index contributed by atoms with van der Waals surface area (Å²) < 4.78 is 41.3. The number of hydrogen-bond donors (Lipinski definition) is 7. The van der Waals surface area contributed by atoms with Gasteiger partial charge in [0.2, 0.25) is 0 Å². The number of pyridine rings is 1. The summed E-state index contributed by atoms with van der Waals surface area (Å²) in [5, 5.41) is 48.7. The van der Waals surface area contributed by atoms with E-state index < -0.39 is 58.3 Å². The molecule has 1 unspecified atom stereocenters. The minimum Gasteiger partial charge on any atom is -0.506 e. The molecule has 0 spiro atoms. The minimum atomic E-state index is -3.71. The molecule has 2 aromatic rings. The van der Waals surface area contributed by atoms with Gasteiger partial charge < -0.3 is 41.2 Å². The smallest absolute Gasteiger partial charge is 0.310 e. The number of aliphatic hydroxyl groups is 3. The Morgan fingerprint density at radius 2 is 1.94 bits per heavy atom. The van der Waals surface area contributed by atoms with E-state index in [4.69, 9.17) is 15.7 Å². The fraction of sp³-hybridized carbons (Fsp3) is 0.263. The number of benzene rings is 1. The van der Waals surface area contributed by atoms with Gasteiger partial charge in [-0.2, -0.15) is 5.26 Å². The summed E-state index contributed by atoms with van der Waals surface area (Å²) in [5.74, 6) is -6.56. The second kappa shape index (κ2) is 10.8. The number of ether oxygens (including phenoxy) is 1. The van der Waals surface area contributed by atoms with Gasteiger partial charge in [-0.25, -0.2) is 13.2 Å². The molecule has 3 rings (SSSR count). The Balaban J connectivity index is 0.000000340. The molecule has 0 aliphatic carbocycles. The van der Waals surface area contributed by atoms with E-state index in [0.717, 1.165) is 12.1 Å². The summed E-state index contributed by atoms with van der Waals surface area (Å²) in [6.45, 7) is 0.140. The monoisotopic (exact) mass is 485 g/mol. The number of aromatic hydroxyl groups is 1. The molecule has 1 aromatic heterocycles. The van der Waals surface area contributed by atoms with E-state index in [2.05, 4.69) is 10.3 Å². The van der Waals surface area contributed by atoms with Crippen molar-refractivity contribution in [3.05, 3.63) is 57.3 Å². The van der Waals surface area contributed by atoms with Gasteiger partial charge in [0.15, 0.2) is 11.3 Å². The van der Waals surface area contributed by atoms with Crippen molar-refractivity contribution in [1.82, 2.24) is 4.98 Å². The quantitative estimate of drug-likeness (QED) is 0.276. The first-order valence-electron chi connectivity index (χ1n) is 9.17. The van der Waals surface area contributed by atoms with Gasteiger partial charge in [-0.3, -0.25) is 14.6 Å². The number of nitrogens with zero attached hydrogens (tertiary/aromatic N) is 2. The van der Waals surface area contributed by atoms with Crippen LogP contribution < -0.4 is 16.6 Å². The molecule has 1 aliphatic heterocycles. The molecule has 182 valence electrons. The van der Waals surface area contributed by atoms with Crippen LogP contribution in [0.15, 0.2) is 34.1 Å². The lowest BCUT2D eigenvalue weighted by Crippen LogP contribution is -2.34. The van der Waals surface area contributed by atoms with Crippen LogP contribution in [0.2, 0.25) is 0 Å². The molecule has 12 nitrogen and oxygen atoms in total. The minimum absolute atomic E-state index is 0.0294. The van der Waals surface area contributed by atoms with Gasteiger partial charge in [0, 0.05) is 5.69 Å². The highest BCUT2D eigenvalue weighted by Crippen LogP contribution is 2.29. The standard InChI is InChI=1S/C14H10FN3O6.C5H8F2N2O/c15-6-1-3-7(4-2-6)17-13(21)10-9(14(22,23)24)11(19)8(5-16)12(20)18-10;6-5(7)3-1-10-2-4(8)9-3/h1-4,22-24H,(H,17,21)(H2,18,19,20);3,5H,1-2H2,(H2,8,9). The third-order valence-electron chi connectivity index (χ3n) is 4.13. The second-order valence-corrected chi connectivity index (χ2v) is 6.67. The van der Waals surface area contributed by atoms with Crippen LogP contribution in [0.5, 0.6) is 5.75 Å². The van der Waals surface area contributed by atoms with Crippen LogP contribution in [0.25, 0.3) is 0 Å². The maximum Gasteiger partial charge on any atom is 0.310 e. The molecule has 34 heavy (non-hydrogen) atoms. The number of anilines is 1. The number of halogens is 3. The van der Waals surface area contributed by atoms with E-state index >= 15 is 0 Å². The molecule has 0 saturated carbocycles. The van der Waals surface area contributed by atoms with E-state index in [1.807, 2.05) is 4.98 Å². The topological polar surface area (TPSA) is 214 Å². The van der Waals surface area contributed by atoms with E-state index in [1.54, 1.807) is 0 Å². The second-order valence-electron chi connectivity index (χ2n) is 6.67. The Morgan fingerprint density at radius 1 is 1.32 bits per heavy atom. The molecule has 1 amide bonds. The van der Waals surface area contributed by atoms with Crippen molar-refractivity contribution in [2.45, 2.75) is 18.4 Å². The number of amides is 1. The summed E-state index contributed by atoms with van der Waals surface area (Å²) >= 11 is 0. The Hall–Kier alpha value is -3.97. The van der Waals surface area contributed by atoms with Gasteiger partial charge in [0.05, 0.1) is 6.61 Å². The lowest BCUT2D eigenvalue weighted by atomic mass is 10.1. The molecule has 0 radical (unpaired) electrons. The first-order chi connectivity index (χ1) is 15.8. The van der Waals surface area contributed by atoms with Crippen LogP contribution in [0, 0.1) is 17.1 Å². The average Bonchev–Trinajstić information content (AvgIpc) is 2.74. The molecule has 0 saturated heterocycles. The third kappa shape index (κ3) is 6.52. The first-order valence-corrected chi connectivity index (χ1v) is 9.17. The molecule has 15 heteroatoms. The number of carbonyl (C=O) groups is 1. The van der Waals surface area contributed by atoms with Gasteiger partial charge in [0.1, 0.15) is 41.6 Å². The molecule has 8 N–H and O–H groups in total. The zero-order valence-electron chi connectivity index (χ0n) is 17.0. The van der Waals surface area contributed by atoms with E-state index in [0.29, 0.717) is 0 Å². The van der Waals surface area contributed by atoms with Crippen molar-refractivity contribution in [2.24, 2.45) is 10.7 Å². The molecule has 0 bridgehead atoms. The number of rotatable bonds is 4. The third-order valence-corrected chi connectivity index (χ3v) is 4.13. The molecule has 1 atom stereocenters. The lowest BCUT2D eigenvalue weighted by Gasteiger charge is -2.19. The maximum absolute atomic E-state index is 12.8. The SMILES string of the molecule is N#Cc1c(O)c(C(O)(O)O)c(C(=O)Nc2ccc(F)cc2)[nH]c1=O.NC1=NC(C(F)F)COC1. The summed E-state index contributed by atoms with van der Waals surface area (Å²) in [6.07, 6.45) is -2.47. The van der Waals surface area contributed by atoms with Gasteiger partial charge in [-0.1, -0.05) is 0 Å². The van der Waals surface area contributed by atoms with Gasteiger partial charge >= 0.3 is 5.97 Å². The van der Waals surface area contributed by atoms with Crippen LogP contribution >= 0.6 is 0 Å². The van der Waals surface area contributed by atoms with Crippen molar-refractivity contribution >= 4 is 17.4 Å². The van der Waals surface area contributed by atoms with E-state index in [9.17, 15) is 43.2 Å². The number of nitrogens with two attached hydrogens (primary N) is 1. The average molecular weight is 485 g/mol. The summed E-state index contributed by atoms with van der Waals surface area (Å²) in [4.78, 5) is 29.2. The van der Waals surface area contributed by atoms with Crippen LogP contribution in [-0.2, 0) is 10.7 Å². The predicted molar refractivity (Wildman–Crippen MR) is 108 cm³/mol. The predicted octanol–water partition coefficient (Wildman–Crippen LogP) is -0.562. The number of amidine groups is 1. The van der Waals surface area contributed by atoms with Crippen LogP contribution in [0.1, 0.15) is 21.6 Å². The van der Waals surface area contributed by atoms with Crippen molar-refractivity contribution in [3.63, 3.8) is 0 Å². The number of aromatic nitrogens is 1. The Labute approximate surface area is 188 Å². The summed E-state index contributed by atoms with van der Waals surface area (Å²) in [7, 11) is 0. The number of aliphatic imine (C=N–C) groups is 1. The van der Waals surface area contributed by atoms with E-state index in [1.165, 1.54) is 18.2 Å². The highest BCUT2D eigenvalue weighted by Gasteiger charge is 2.35. The zero-order valence-corrected chi connectivity index (χ0v) is 17.0. The van der Waals surface area contributed by atoms with E-state index in [-0.39, 0.29) is 24.7 Å². The van der Waals surface area contributed by atoms with Crippen LogP contribution in [-0.4, -0.2) is 62.8 Å². The molecular formula is C19H18F3N5O7. The Kier molecular flexibility index (Phi) is 8.32. The van der Waals surface area contributed by atoms with Gasteiger partial charge in [0.25, 0.3) is 17.9 Å². The van der Waals surface area contributed by atoms with Crippen LogP contribution in [0.3, 0.4) is 0 Å². The molecule has 1 aliphatic rings. The number of aromatic amines is 1.